The fourth-order valence-corrected chi connectivity index (χ4v) is 6.34. The van der Waals surface area contributed by atoms with Crippen LogP contribution in [0.25, 0.3) is 0 Å². The number of likely N-dealkylation sites (tertiary alicyclic amines) is 1. The van der Waals surface area contributed by atoms with Crippen molar-refractivity contribution in [2.24, 2.45) is 28.6 Å². The van der Waals surface area contributed by atoms with Gasteiger partial charge in [-0.05, 0) is 35.5 Å². The van der Waals surface area contributed by atoms with Crippen molar-refractivity contribution in [3.05, 3.63) is 24.3 Å². The van der Waals surface area contributed by atoms with Crippen LogP contribution in [0.4, 0.5) is 0 Å². The SMILES string of the molecule is CC(C)(C)[C@H](NC(=O)[C@@H](NC(=O)c1cnccn1)C1CCCCC1)C(=O)N1C[C@H]2[C@@H]([C@H]1C(=O)O)C2(C)C. The van der Waals surface area contributed by atoms with E-state index in [1.807, 2.05) is 34.6 Å². The van der Waals surface area contributed by atoms with E-state index in [1.54, 1.807) is 0 Å². The number of piperidine rings is 1. The molecule has 0 bridgehead atoms. The molecule has 3 fully saturated rings. The molecule has 3 aliphatic rings. The smallest absolute Gasteiger partial charge is 0.326 e. The summed E-state index contributed by atoms with van der Waals surface area (Å²) in [5, 5.41) is 15.7. The summed E-state index contributed by atoms with van der Waals surface area (Å²) >= 11 is 0. The first kappa shape index (κ1) is 27.0. The topological polar surface area (TPSA) is 142 Å². The normalized spacial score (nSPS) is 26.5. The van der Waals surface area contributed by atoms with Crippen LogP contribution in [0.5, 0.6) is 0 Å². The molecule has 0 aromatic carbocycles. The van der Waals surface area contributed by atoms with Crippen LogP contribution >= 0.6 is 0 Å². The van der Waals surface area contributed by atoms with Gasteiger partial charge >= 0.3 is 5.97 Å². The molecule has 10 heteroatoms. The molecule has 0 radical (unpaired) electrons. The first-order valence-corrected chi connectivity index (χ1v) is 13.2. The Balaban J connectivity index is 1.55. The second-order valence-electron chi connectivity index (χ2n) is 12.5. The summed E-state index contributed by atoms with van der Waals surface area (Å²) in [7, 11) is 0. The number of hydrogen-bond acceptors (Lipinski definition) is 6. The Morgan fingerprint density at radius 3 is 2.32 bits per heavy atom. The van der Waals surface area contributed by atoms with E-state index in [0.29, 0.717) is 6.54 Å². The van der Waals surface area contributed by atoms with Crippen molar-refractivity contribution in [2.45, 2.75) is 84.8 Å². The molecule has 3 amide bonds. The van der Waals surface area contributed by atoms with E-state index in [1.165, 1.54) is 23.5 Å². The molecular weight excluding hydrogens is 474 g/mol. The van der Waals surface area contributed by atoms with E-state index in [2.05, 4.69) is 20.6 Å². The number of hydrogen-bond donors (Lipinski definition) is 3. The Kier molecular flexibility index (Phi) is 7.32. The zero-order valence-corrected chi connectivity index (χ0v) is 22.4. The van der Waals surface area contributed by atoms with Crippen molar-refractivity contribution in [1.82, 2.24) is 25.5 Å². The Bertz CT molecular complexity index is 1050. The number of nitrogens with zero attached hydrogens (tertiary/aromatic N) is 3. The number of carboxylic acids is 1. The van der Waals surface area contributed by atoms with Crippen molar-refractivity contribution < 1.29 is 24.3 Å². The van der Waals surface area contributed by atoms with Gasteiger partial charge in [0.1, 0.15) is 23.8 Å². The third kappa shape index (κ3) is 5.33. The Morgan fingerprint density at radius 1 is 1.08 bits per heavy atom. The number of carbonyl (C=O) groups is 4. The molecule has 5 atom stereocenters. The van der Waals surface area contributed by atoms with E-state index < -0.39 is 41.3 Å². The summed E-state index contributed by atoms with van der Waals surface area (Å²) in [5.74, 6) is -2.36. The highest BCUT2D eigenvalue weighted by Gasteiger charge is 2.70. The predicted octanol–water partition coefficient (Wildman–Crippen LogP) is 2.25. The lowest BCUT2D eigenvalue weighted by molar-refractivity contribution is -0.153. The molecule has 0 unspecified atom stereocenters. The molecule has 202 valence electrons. The van der Waals surface area contributed by atoms with Gasteiger partial charge in [-0.1, -0.05) is 53.9 Å². The fourth-order valence-electron chi connectivity index (χ4n) is 6.34. The van der Waals surface area contributed by atoms with E-state index in [0.717, 1.165) is 32.1 Å². The van der Waals surface area contributed by atoms with Crippen molar-refractivity contribution >= 4 is 23.7 Å². The highest BCUT2D eigenvalue weighted by Crippen LogP contribution is 2.65. The van der Waals surface area contributed by atoms with Crippen LogP contribution in [0.2, 0.25) is 0 Å². The van der Waals surface area contributed by atoms with E-state index in [4.69, 9.17) is 0 Å². The molecule has 4 rings (SSSR count). The average Bonchev–Trinajstić information content (AvgIpc) is 3.18. The van der Waals surface area contributed by atoms with Gasteiger partial charge in [-0.25, -0.2) is 9.78 Å². The van der Waals surface area contributed by atoms with Crippen LogP contribution in [0, 0.1) is 28.6 Å². The van der Waals surface area contributed by atoms with E-state index in [9.17, 15) is 24.3 Å². The summed E-state index contributed by atoms with van der Waals surface area (Å²) in [4.78, 5) is 62.0. The molecule has 2 heterocycles. The van der Waals surface area contributed by atoms with Gasteiger partial charge in [-0.2, -0.15) is 0 Å². The standard InChI is InChI=1S/C27H39N5O5/c1-26(2,3)21(24(35)32-14-16-18(27(16,4)5)20(32)25(36)37)31-23(34)19(15-9-7-6-8-10-15)30-22(33)17-13-28-11-12-29-17/h11-13,15-16,18-21H,6-10,14H2,1-5H3,(H,30,33)(H,31,34)(H,36,37)/t16-,18-,19-,20-,21+/m0/s1. The zero-order chi connectivity index (χ0) is 27.1. The molecular formula is C27H39N5O5. The second-order valence-corrected chi connectivity index (χ2v) is 12.5. The summed E-state index contributed by atoms with van der Waals surface area (Å²) < 4.78 is 0. The average molecular weight is 514 g/mol. The van der Waals surface area contributed by atoms with Crippen LogP contribution in [0.1, 0.15) is 77.2 Å². The number of aromatic nitrogens is 2. The van der Waals surface area contributed by atoms with Gasteiger partial charge in [0, 0.05) is 24.9 Å². The fraction of sp³-hybridized carbons (Fsp3) is 0.704. The summed E-state index contributed by atoms with van der Waals surface area (Å²) in [6.45, 7) is 9.99. The molecule has 1 aromatic heterocycles. The largest absolute Gasteiger partial charge is 0.480 e. The molecule has 1 aliphatic heterocycles. The first-order valence-electron chi connectivity index (χ1n) is 13.2. The van der Waals surface area contributed by atoms with Crippen LogP contribution in [0.15, 0.2) is 18.6 Å². The minimum absolute atomic E-state index is 0.0721. The number of carbonyl (C=O) groups excluding carboxylic acids is 3. The predicted molar refractivity (Wildman–Crippen MR) is 135 cm³/mol. The van der Waals surface area contributed by atoms with E-state index in [-0.39, 0.29) is 34.8 Å². The minimum Gasteiger partial charge on any atom is -0.480 e. The number of nitrogens with one attached hydrogen (secondary N) is 2. The quantitative estimate of drug-likeness (QED) is 0.508. The lowest BCUT2D eigenvalue weighted by Crippen LogP contribution is -2.61. The van der Waals surface area contributed by atoms with Gasteiger partial charge in [0.25, 0.3) is 5.91 Å². The third-order valence-electron chi connectivity index (χ3n) is 8.63. The van der Waals surface area contributed by atoms with Crippen molar-refractivity contribution in [3.63, 3.8) is 0 Å². The zero-order valence-electron chi connectivity index (χ0n) is 22.4. The Morgan fingerprint density at radius 2 is 1.76 bits per heavy atom. The van der Waals surface area contributed by atoms with Crippen molar-refractivity contribution in [3.8, 4) is 0 Å². The van der Waals surface area contributed by atoms with Gasteiger partial charge in [0.05, 0.1) is 6.20 Å². The maximum atomic E-state index is 13.8. The van der Waals surface area contributed by atoms with Crippen molar-refractivity contribution in [1.29, 1.82) is 0 Å². The van der Waals surface area contributed by atoms with Gasteiger partial charge in [0.2, 0.25) is 11.8 Å². The number of rotatable bonds is 7. The number of aliphatic carboxylic acids is 1. The molecule has 1 aromatic rings. The molecule has 10 nitrogen and oxygen atoms in total. The highest BCUT2D eigenvalue weighted by molar-refractivity contribution is 5.98. The van der Waals surface area contributed by atoms with Crippen LogP contribution in [-0.4, -0.2) is 68.3 Å². The molecule has 1 saturated heterocycles. The maximum Gasteiger partial charge on any atom is 0.326 e. The Labute approximate surface area is 218 Å². The summed E-state index contributed by atoms with van der Waals surface area (Å²) in [6.07, 6.45) is 8.81. The Hall–Kier alpha value is -3.04. The van der Waals surface area contributed by atoms with Crippen LogP contribution in [0.3, 0.4) is 0 Å². The van der Waals surface area contributed by atoms with Gasteiger partial charge in [-0.3, -0.25) is 19.4 Å². The molecule has 37 heavy (non-hydrogen) atoms. The maximum absolute atomic E-state index is 13.8. The van der Waals surface area contributed by atoms with Crippen LogP contribution < -0.4 is 10.6 Å². The number of fused-ring (bicyclic) bond motifs is 1. The number of carboxylic acid groups (broad SMARTS) is 1. The van der Waals surface area contributed by atoms with E-state index >= 15 is 0 Å². The molecule has 2 saturated carbocycles. The number of amides is 3. The minimum atomic E-state index is -1.01. The lowest BCUT2D eigenvalue weighted by atomic mass is 9.82. The van der Waals surface area contributed by atoms with Gasteiger partial charge in [0.15, 0.2) is 0 Å². The second kappa shape index (κ2) is 10.0. The molecule has 0 spiro atoms. The van der Waals surface area contributed by atoms with Crippen LogP contribution in [-0.2, 0) is 14.4 Å². The van der Waals surface area contributed by atoms with Gasteiger partial charge < -0.3 is 20.6 Å². The monoisotopic (exact) mass is 513 g/mol. The molecule has 3 N–H and O–H groups in total. The summed E-state index contributed by atoms with van der Waals surface area (Å²) in [6, 6.07) is -2.68. The highest BCUT2D eigenvalue weighted by atomic mass is 16.4. The summed E-state index contributed by atoms with van der Waals surface area (Å²) in [5.41, 5.74) is -0.677. The lowest BCUT2D eigenvalue weighted by Gasteiger charge is -2.38. The third-order valence-corrected chi connectivity index (χ3v) is 8.63. The molecule has 2 aliphatic carbocycles. The van der Waals surface area contributed by atoms with Gasteiger partial charge in [-0.15, -0.1) is 0 Å². The van der Waals surface area contributed by atoms with Crippen molar-refractivity contribution in [2.75, 3.05) is 6.54 Å². The first-order chi connectivity index (χ1) is 17.3.